The molecular formula is C22H26N4O3S. The van der Waals surface area contributed by atoms with Gasteiger partial charge in [-0.2, -0.15) is 0 Å². The van der Waals surface area contributed by atoms with Crippen molar-refractivity contribution in [3.8, 4) is 11.5 Å². The van der Waals surface area contributed by atoms with Crippen molar-refractivity contribution < 1.29 is 14.3 Å². The van der Waals surface area contributed by atoms with Crippen LogP contribution in [0, 0.1) is 0 Å². The molecule has 30 heavy (non-hydrogen) atoms. The van der Waals surface area contributed by atoms with E-state index >= 15 is 0 Å². The van der Waals surface area contributed by atoms with E-state index < -0.39 is 0 Å². The molecule has 0 fully saturated rings. The average Bonchev–Trinajstić information content (AvgIpc) is 3.19. The molecule has 1 amide bonds. The van der Waals surface area contributed by atoms with Crippen molar-refractivity contribution in [3.63, 3.8) is 0 Å². The molecule has 1 aromatic heterocycles. The smallest absolute Gasteiger partial charge is 0.230 e. The van der Waals surface area contributed by atoms with Gasteiger partial charge in [-0.15, -0.1) is 10.2 Å². The third-order valence-corrected chi connectivity index (χ3v) is 5.41. The maximum Gasteiger partial charge on any atom is 0.230 e. The summed E-state index contributed by atoms with van der Waals surface area (Å²) in [5, 5.41) is 12.1. The van der Waals surface area contributed by atoms with Crippen molar-refractivity contribution in [2.45, 2.75) is 31.7 Å². The van der Waals surface area contributed by atoms with Gasteiger partial charge in [-0.3, -0.25) is 4.79 Å². The van der Waals surface area contributed by atoms with E-state index in [1.807, 2.05) is 54.0 Å². The van der Waals surface area contributed by atoms with Crippen molar-refractivity contribution in [3.05, 3.63) is 66.0 Å². The van der Waals surface area contributed by atoms with E-state index in [1.54, 1.807) is 7.11 Å². The number of nitrogens with one attached hydrogen (secondary N) is 1. The topological polar surface area (TPSA) is 78.3 Å². The van der Waals surface area contributed by atoms with E-state index in [-0.39, 0.29) is 5.91 Å². The molecule has 3 rings (SSSR count). The lowest BCUT2D eigenvalue weighted by atomic mass is 10.1. The first-order valence-electron chi connectivity index (χ1n) is 9.82. The van der Waals surface area contributed by atoms with E-state index in [0.717, 1.165) is 23.7 Å². The molecular weight excluding hydrogens is 400 g/mol. The summed E-state index contributed by atoms with van der Waals surface area (Å²) in [6.45, 7) is 3.64. The monoisotopic (exact) mass is 426 g/mol. The van der Waals surface area contributed by atoms with Gasteiger partial charge in [0.15, 0.2) is 11.0 Å². The summed E-state index contributed by atoms with van der Waals surface area (Å²) < 4.78 is 12.9. The largest absolute Gasteiger partial charge is 0.497 e. The molecule has 0 saturated heterocycles. The van der Waals surface area contributed by atoms with Crippen LogP contribution >= 0.6 is 11.8 Å². The van der Waals surface area contributed by atoms with Crippen LogP contribution in [0.15, 0.2) is 59.8 Å². The number of methoxy groups -OCH3 is 1. The second kappa shape index (κ2) is 11.3. The summed E-state index contributed by atoms with van der Waals surface area (Å²) in [6, 6.07) is 17.5. The lowest BCUT2D eigenvalue weighted by molar-refractivity contribution is -0.118. The minimum absolute atomic E-state index is 0.0161. The average molecular weight is 427 g/mol. The summed E-state index contributed by atoms with van der Waals surface area (Å²) in [5.74, 6) is 2.51. The molecule has 7 nitrogen and oxygen atoms in total. The minimum Gasteiger partial charge on any atom is -0.497 e. The summed E-state index contributed by atoms with van der Waals surface area (Å²) in [6.07, 6.45) is 0.815. The number of carbonyl (C=O) groups excluding carboxylic acids is 1. The van der Waals surface area contributed by atoms with Gasteiger partial charge in [-0.05, 0) is 43.2 Å². The van der Waals surface area contributed by atoms with Gasteiger partial charge in [-0.25, -0.2) is 0 Å². The Bertz CT molecular complexity index is 929. The number of benzene rings is 2. The first-order valence-corrected chi connectivity index (χ1v) is 10.8. The van der Waals surface area contributed by atoms with Crippen LogP contribution in [0.5, 0.6) is 11.5 Å². The number of ether oxygens (including phenoxy) is 2. The third-order valence-electron chi connectivity index (χ3n) is 4.45. The molecule has 0 aliphatic heterocycles. The van der Waals surface area contributed by atoms with Crippen molar-refractivity contribution >= 4 is 17.7 Å². The number of hydrogen-bond acceptors (Lipinski definition) is 6. The van der Waals surface area contributed by atoms with Crippen molar-refractivity contribution in [2.24, 2.45) is 0 Å². The first kappa shape index (κ1) is 21.7. The number of amides is 1. The fourth-order valence-corrected chi connectivity index (χ4v) is 3.69. The van der Waals surface area contributed by atoms with E-state index in [1.165, 1.54) is 17.3 Å². The van der Waals surface area contributed by atoms with Gasteiger partial charge in [-0.1, -0.05) is 42.1 Å². The van der Waals surface area contributed by atoms with Crippen LogP contribution in [-0.4, -0.2) is 40.1 Å². The number of nitrogens with zero attached hydrogens (tertiary/aromatic N) is 3. The van der Waals surface area contributed by atoms with Gasteiger partial charge in [0.05, 0.1) is 12.9 Å². The zero-order valence-corrected chi connectivity index (χ0v) is 18.0. The Balaban J connectivity index is 1.46. The molecule has 0 saturated carbocycles. The number of hydrogen-bond donors (Lipinski definition) is 1. The lowest BCUT2D eigenvalue weighted by Crippen LogP contribution is -2.27. The van der Waals surface area contributed by atoms with Crippen LogP contribution in [0.1, 0.15) is 18.3 Å². The number of thioether (sulfide) groups is 1. The Kier molecular flexibility index (Phi) is 8.14. The highest BCUT2D eigenvalue weighted by atomic mass is 32.2. The van der Waals surface area contributed by atoms with Gasteiger partial charge >= 0.3 is 0 Å². The number of rotatable bonds is 11. The minimum atomic E-state index is -0.0161. The summed E-state index contributed by atoms with van der Waals surface area (Å²) in [4.78, 5) is 12.2. The zero-order chi connectivity index (χ0) is 21.2. The molecule has 3 aromatic rings. The fourth-order valence-electron chi connectivity index (χ4n) is 2.84. The third kappa shape index (κ3) is 6.25. The molecule has 0 radical (unpaired) electrons. The predicted molar refractivity (Wildman–Crippen MR) is 117 cm³/mol. The maximum atomic E-state index is 12.2. The highest BCUT2D eigenvalue weighted by molar-refractivity contribution is 7.99. The molecule has 2 aromatic carbocycles. The number of carbonyl (C=O) groups is 1. The Morgan fingerprint density at radius 1 is 1.07 bits per heavy atom. The van der Waals surface area contributed by atoms with Crippen molar-refractivity contribution in [2.75, 3.05) is 19.4 Å². The van der Waals surface area contributed by atoms with E-state index in [2.05, 4.69) is 27.6 Å². The zero-order valence-electron chi connectivity index (χ0n) is 17.2. The van der Waals surface area contributed by atoms with Crippen LogP contribution < -0.4 is 14.8 Å². The molecule has 0 atom stereocenters. The van der Waals surface area contributed by atoms with Gasteiger partial charge < -0.3 is 19.4 Å². The molecule has 8 heteroatoms. The van der Waals surface area contributed by atoms with E-state index in [4.69, 9.17) is 9.47 Å². The maximum absolute atomic E-state index is 12.2. The van der Waals surface area contributed by atoms with Gasteiger partial charge in [0.25, 0.3) is 0 Å². The van der Waals surface area contributed by atoms with Crippen LogP contribution in [-0.2, 0) is 24.4 Å². The second-order valence-electron chi connectivity index (χ2n) is 6.48. The predicted octanol–water partition coefficient (Wildman–Crippen LogP) is 3.34. The number of aromatic nitrogens is 3. The SMILES string of the molecule is CCn1c(COc2ccc(OC)cc2)nnc1SCC(=O)NCCc1ccccc1. The van der Waals surface area contributed by atoms with Crippen LogP contribution in [0.25, 0.3) is 0 Å². The Morgan fingerprint density at radius 3 is 2.50 bits per heavy atom. The second-order valence-corrected chi connectivity index (χ2v) is 7.42. The van der Waals surface area contributed by atoms with Gasteiger partial charge in [0, 0.05) is 13.1 Å². The van der Waals surface area contributed by atoms with Crippen LogP contribution in [0.3, 0.4) is 0 Å². The quantitative estimate of drug-likeness (QED) is 0.474. The summed E-state index contributed by atoms with van der Waals surface area (Å²) in [5.41, 5.74) is 1.21. The standard InChI is InChI=1S/C22H26N4O3S/c1-3-26-20(15-29-19-11-9-18(28-2)10-12-19)24-25-22(26)30-16-21(27)23-14-13-17-7-5-4-6-8-17/h4-12H,3,13-16H2,1-2H3,(H,23,27). The molecule has 0 unspecified atom stereocenters. The Morgan fingerprint density at radius 2 is 1.80 bits per heavy atom. The molecule has 0 aliphatic carbocycles. The summed E-state index contributed by atoms with van der Waals surface area (Å²) in [7, 11) is 1.63. The normalized spacial score (nSPS) is 10.6. The van der Waals surface area contributed by atoms with Crippen molar-refractivity contribution in [1.29, 1.82) is 0 Å². The van der Waals surface area contributed by atoms with E-state index in [9.17, 15) is 4.79 Å². The fraction of sp³-hybridized carbons (Fsp3) is 0.318. The van der Waals surface area contributed by atoms with Crippen LogP contribution in [0.2, 0.25) is 0 Å². The molecule has 0 bridgehead atoms. The highest BCUT2D eigenvalue weighted by Crippen LogP contribution is 2.20. The molecule has 1 N–H and O–H groups in total. The Hall–Kier alpha value is -3.00. The molecule has 0 aliphatic rings. The molecule has 158 valence electrons. The van der Waals surface area contributed by atoms with Crippen LogP contribution in [0.4, 0.5) is 0 Å². The molecule has 1 heterocycles. The molecule has 0 spiro atoms. The van der Waals surface area contributed by atoms with Gasteiger partial charge in [0.1, 0.15) is 18.1 Å². The lowest BCUT2D eigenvalue weighted by Gasteiger charge is -2.09. The van der Waals surface area contributed by atoms with Crippen molar-refractivity contribution in [1.82, 2.24) is 20.1 Å². The highest BCUT2D eigenvalue weighted by Gasteiger charge is 2.13. The van der Waals surface area contributed by atoms with Gasteiger partial charge in [0.2, 0.25) is 5.91 Å². The first-order chi connectivity index (χ1) is 14.7. The Labute approximate surface area is 180 Å². The summed E-state index contributed by atoms with van der Waals surface area (Å²) >= 11 is 1.38. The van der Waals surface area contributed by atoms with E-state index in [0.29, 0.717) is 30.6 Å².